The highest BCUT2D eigenvalue weighted by atomic mass is 31.2. The van der Waals surface area contributed by atoms with Gasteiger partial charge in [0.15, 0.2) is 0 Å². The molecule has 0 aliphatic rings. The minimum absolute atomic E-state index is 0.0595. The summed E-state index contributed by atoms with van der Waals surface area (Å²) in [5, 5.41) is 13.9. The fourth-order valence-electron chi connectivity index (χ4n) is 8.19. The Bertz CT molecular complexity index is 1350. The minimum atomic E-state index is -4.35. The van der Waals surface area contributed by atoms with Crippen molar-refractivity contribution in [3.8, 4) is 0 Å². The molecule has 9 heteroatoms. The van der Waals surface area contributed by atoms with E-state index in [2.05, 4.69) is 79.9 Å². The smallest absolute Gasteiger partial charge is 0.387 e. The number of rotatable bonds is 52. The van der Waals surface area contributed by atoms with Crippen molar-refractivity contribution in [2.75, 3.05) is 40.9 Å². The highest BCUT2D eigenvalue weighted by Crippen LogP contribution is 2.43. The normalized spacial score (nSPS) is 14.5. The SMILES string of the molecule is CC/C=C\C/C=C\C/C=C\C/C=C\C/C=C\CCCCCCCCCCCCCCCC(=O)NC(COP(=O)(O)OCC[N+](C)(C)C)C(O)/C=C/CCCCCCCCCCCCCCCCCC. The fraction of sp³-hybridized carbons (Fsp3) is 0.783. The number of hydrogen-bond acceptors (Lipinski definition) is 5. The molecule has 3 unspecified atom stereocenters. The van der Waals surface area contributed by atoms with Gasteiger partial charge >= 0.3 is 7.82 Å². The lowest BCUT2D eigenvalue weighted by molar-refractivity contribution is -0.870. The van der Waals surface area contributed by atoms with E-state index in [-0.39, 0.29) is 19.1 Å². The van der Waals surface area contributed by atoms with Gasteiger partial charge in [0.2, 0.25) is 5.91 Å². The van der Waals surface area contributed by atoms with Gasteiger partial charge < -0.3 is 19.8 Å². The molecule has 402 valence electrons. The standard InChI is InChI=1S/C60H111N2O6P/c1-6-8-10-12-14-16-18-20-22-24-26-27-28-29-30-31-32-33-34-35-36-38-40-42-44-46-48-50-52-54-60(64)61-58(57-68-69(65,66)67-56-55-62(3,4)5)59(63)53-51-49-47-45-43-41-39-37-25-23-21-19-17-15-13-11-9-7-2/h8,10,14,16,20,22,26-27,29-30,51,53,58-59,63H,6-7,9,11-13,15,17-19,21,23-25,28,31-50,52,54-57H2,1-5H3,(H-,61,64,65,66)/p+1/b10-8-,16-14-,22-20-,27-26-,30-29-,53-51+. The average Bonchev–Trinajstić information content (AvgIpc) is 3.31. The molecule has 0 rings (SSSR count). The number of aliphatic hydroxyl groups excluding tert-OH is 1. The zero-order valence-corrected chi connectivity index (χ0v) is 46.7. The van der Waals surface area contributed by atoms with Crippen molar-refractivity contribution in [1.29, 1.82) is 0 Å². The second kappa shape index (κ2) is 50.9. The molecule has 0 aromatic heterocycles. The second-order valence-electron chi connectivity index (χ2n) is 20.6. The lowest BCUT2D eigenvalue weighted by Gasteiger charge is -2.25. The maximum atomic E-state index is 13.0. The third-order valence-corrected chi connectivity index (χ3v) is 13.7. The lowest BCUT2D eigenvalue weighted by atomic mass is 10.0. The van der Waals surface area contributed by atoms with Crippen LogP contribution in [0.1, 0.15) is 251 Å². The summed E-state index contributed by atoms with van der Waals surface area (Å²) < 4.78 is 23.7. The van der Waals surface area contributed by atoms with E-state index >= 15 is 0 Å². The molecular weight excluding hydrogens is 876 g/mol. The Kier molecular flexibility index (Phi) is 49.3. The largest absolute Gasteiger partial charge is 0.472 e. The molecule has 0 fully saturated rings. The molecule has 0 heterocycles. The molecule has 0 aromatic carbocycles. The van der Waals surface area contributed by atoms with Gasteiger partial charge in [-0.2, -0.15) is 0 Å². The zero-order valence-electron chi connectivity index (χ0n) is 45.8. The number of likely N-dealkylation sites (N-methyl/N-ethyl adjacent to an activating group) is 1. The summed E-state index contributed by atoms with van der Waals surface area (Å²) in [6.07, 6.45) is 69.9. The highest BCUT2D eigenvalue weighted by molar-refractivity contribution is 7.47. The summed E-state index contributed by atoms with van der Waals surface area (Å²) in [4.78, 5) is 23.3. The first-order valence-corrected chi connectivity index (χ1v) is 30.3. The molecule has 3 atom stereocenters. The van der Waals surface area contributed by atoms with E-state index < -0.39 is 20.0 Å². The van der Waals surface area contributed by atoms with Crippen molar-refractivity contribution >= 4 is 13.7 Å². The minimum Gasteiger partial charge on any atom is -0.387 e. The first-order valence-electron chi connectivity index (χ1n) is 28.8. The van der Waals surface area contributed by atoms with E-state index in [1.54, 1.807) is 6.08 Å². The van der Waals surface area contributed by atoms with Crippen molar-refractivity contribution in [1.82, 2.24) is 5.32 Å². The number of nitrogens with one attached hydrogen (secondary N) is 1. The Labute approximate surface area is 427 Å². The molecule has 0 aromatic rings. The summed E-state index contributed by atoms with van der Waals surface area (Å²) in [5.74, 6) is -0.179. The van der Waals surface area contributed by atoms with Crippen molar-refractivity contribution in [3.63, 3.8) is 0 Å². The van der Waals surface area contributed by atoms with Crippen LogP contribution in [0.4, 0.5) is 0 Å². The number of allylic oxidation sites excluding steroid dienone is 11. The predicted octanol–water partition coefficient (Wildman–Crippen LogP) is 17.5. The maximum Gasteiger partial charge on any atom is 0.472 e. The first kappa shape index (κ1) is 66.9. The first-order chi connectivity index (χ1) is 33.5. The summed E-state index contributed by atoms with van der Waals surface area (Å²) in [6, 6.07) is -0.850. The molecule has 69 heavy (non-hydrogen) atoms. The maximum absolute atomic E-state index is 13.0. The number of quaternary nitrogens is 1. The Morgan fingerprint density at radius 3 is 1.28 bits per heavy atom. The van der Waals surface area contributed by atoms with Gasteiger partial charge in [0.05, 0.1) is 39.9 Å². The van der Waals surface area contributed by atoms with Crippen LogP contribution in [0.25, 0.3) is 0 Å². The molecule has 0 bridgehead atoms. The average molecular weight is 989 g/mol. The van der Waals surface area contributed by atoms with Crippen molar-refractivity contribution in [2.24, 2.45) is 0 Å². The predicted molar refractivity (Wildman–Crippen MR) is 300 cm³/mol. The van der Waals surface area contributed by atoms with Gasteiger partial charge in [0.1, 0.15) is 13.2 Å². The van der Waals surface area contributed by atoms with E-state index in [0.717, 1.165) is 70.6 Å². The van der Waals surface area contributed by atoms with Crippen LogP contribution < -0.4 is 5.32 Å². The fourth-order valence-corrected chi connectivity index (χ4v) is 8.92. The molecule has 0 aliphatic carbocycles. The van der Waals surface area contributed by atoms with E-state index in [4.69, 9.17) is 9.05 Å². The summed E-state index contributed by atoms with van der Waals surface area (Å²) in [5.41, 5.74) is 0. The van der Waals surface area contributed by atoms with Gasteiger partial charge in [-0.3, -0.25) is 13.8 Å². The van der Waals surface area contributed by atoms with Crippen LogP contribution in [0, 0.1) is 0 Å². The van der Waals surface area contributed by atoms with E-state index in [0.29, 0.717) is 17.4 Å². The monoisotopic (exact) mass is 988 g/mol. The zero-order chi connectivity index (χ0) is 50.6. The van der Waals surface area contributed by atoms with E-state index in [9.17, 15) is 19.4 Å². The molecule has 0 saturated heterocycles. The van der Waals surface area contributed by atoms with Gasteiger partial charge in [-0.15, -0.1) is 0 Å². The number of unbranched alkanes of at least 4 members (excludes halogenated alkanes) is 29. The van der Waals surface area contributed by atoms with Crippen molar-refractivity contribution < 1.29 is 32.9 Å². The molecular formula is C60H112N2O6P+. The third kappa shape index (κ3) is 53.6. The van der Waals surface area contributed by atoms with Crippen molar-refractivity contribution in [3.05, 3.63) is 72.9 Å². The van der Waals surface area contributed by atoms with E-state index in [1.807, 2.05) is 27.2 Å². The van der Waals surface area contributed by atoms with Crippen LogP contribution in [0.15, 0.2) is 72.9 Å². The molecule has 0 saturated carbocycles. The van der Waals surface area contributed by atoms with E-state index in [1.165, 1.54) is 161 Å². The number of phosphoric acid groups is 1. The van der Waals surface area contributed by atoms with Gasteiger partial charge in [0, 0.05) is 6.42 Å². The Morgan fingerprint density at radius 2 is 0.870 bits per heavy atom. The van der Waals surface area contributed by atoms with Crippen LogP contribution in [-0.2, 0) is 18.4 Å². The van der Waals surface area contributed by atoms with Crippen LogP contribution in [-0.4, -0.2) is 73.4 Å². The summed E-state index contributed by atoms with van der Waals surface area (Å²) in [6.45, 7) is 4.72. The Morgan fingerprint density at radius 1 is 0.507 bits per heavy atom. The van der Waals surface area contributed by atoms with Crippen LogP contribution in [0.5, 0.6) is 0 Å². The summed E-state index contributed by atoms with van der Waals surface area (Å²) >= 11 is 0. The van der Waals surface area contributed by atoms with Gasteiger partial charge in [0.25, 0.3) is 0 Å². The van der Waals surface area contributed by atoms with Gasteiger partial charge in [-0.25, -0.2) is 4.57 Å². The number of phosphoric ester groups is 1. The quantitative estimate of drug-likeness (QED) is 0.0243. The Balaban J connectivity index is 4.18. The van der Waals surface area contributed by atoms with Crippen LogP contribution >= 0.6 is 7.82 Å². The molecule has 0 spiro atoms. The number of aliphatic hydroxyl groups is 1. The third-order valence-electron chi connectivity index (χ3n) is 12.7. The van der Waals surface area contributed by atoms with Crippen LogP contribution in [0.2, 0.25) is 0 Å². The molecule has 1 amide bonds. The molecule has 8 nitrogen and oxygen atoms in total. The summed E-state index contributed by atoms with van der Waals surface area (Å²) in [7, 11) is 1.57. The molecule has 0 aliphatic heterocycles. The van der Waals surface area contributed by atoms with Crippen LogP contribution in [0.3, 0.4) is 0 Å². The highest BCUT2D eigenvalue weighted by Gasteiger charge is 2.27. The second-order valence-corrected chi connectivity index (χ2v) is 22.1. The van der Waals surface area contributed by atoms with Crippen molar-refractivity contribution in [2.45, 2.75) is 264 Å². The number of amides is 1. The molecule has 3 N–H and O–H groups in total. The number of nitrogens with zero attached hydrogens (tertiary/aromatic N) is 1. The molecule has 0 radical (unpaired) electrons. The van der Waals surface area contributed by atoms with Gasteiger partial charge in [-0.05, 0) is 64.2 Å². The van der Waals surface area contributed by atoms with Gasteiger partial charge in [-0.1, -0.05) is 254 Å². The Hall–Kier alpha value is -2.06. The number of hydrogen-bond donors (Lipinski definition) is 3. The lowest BCUT2D eigenvalue weighted by Crippen LogP contribution is -2.45. The number of carbonyl (C=O) groups is 1. The number of carbonyl (C=O) groups excluding carboxylic acids is 1. The topological polar surface area (TPSA) is 105 Å².